The third kappa shape index (κ3) is 5.68. The largest absolute Gasteiger partial charge is 0.711 e. The first kappa shape index (κ1) is 21.2. The van der Waals surface area contributed by atoms with Crippen LogP contribution >= 0.6 is 0 Å². The fourth-order valence-corrected chi connectivity index (χ4v) is 2.41. The molecule has 28 heavy (non-hydrogen) atoms. The van der Waals surface area contributed by atoms with Gasteiger partial charge in [-0.25, -0.2) is 13.9 Å². The summed E-state index contributed by atoms with van der Waals surface area (Å²) >= 11 is 0. The first-order valence-electron chi connectivity index (χ1n) is 8.66. The molecule has 0 bridgehead atoms. The van der Waals surface area contributed by atoms with Gasteiger partial charge in [0.2, 0.25) is 0 Å². The molecular weight excluding hydrogens is 365 g/mol. The molecule has 0 fully saturated rings. The molecule has 0 saturated carbocycles. The lowest BCUT2D eigenvalue weighted by Crippen LogP contribution is -2.30. The Morgan fingerprint density at radius 3 is 2.71 bits per heavy atom. The fraction of sp³-hybridized carbons (Fsp3) is 0.300. The van der Waals surface area contributed by atoms with Crippen molar-refractivity contribution in [3.05, 3.63) is 71.3 Å². The Bertz CT molecular complexity index is 865. The number of nitrogens with zero attached hydrogens (tertiary/aromatic N) is 1. The third-order valence-corrected chi connectivity index (χ3v) is 3.63. The van der Waals surface area contributed by atoms with Crippen molar-refractivity contribution >= 4 is 17.6 Å². The highest BCUT2D eigenvalue weighted by Crippen LogP contribution is 2.27. The van der Waals surface area contributed by atoms with Crippen molar-refractivity contribution in [3.8, 4) is 0 Å². The van der Waals surface area contributed by atoms with E-state index < -0.39 is 23.6 Å². The number of aliphatic hydroxyl groups excluding tert-OH is 1. The zero-order valence-electron chi connectivity index (χ0n) is 16.0. The molecule has 0 saturated heterocycles. The Kier molecular flexibility index (Phi) is 6.58. The predicted molar refractivity (Wildman–Crippen MR) is 104 cm³/mol. The highest BCUT2D eigenvalue weighted by Gasteiger charge is 2.20. The van der Waals surface area contributed by atoms with Crippen LogP contribution in [0.25, 0.3) is 0 Å². The SMILES string of the molecule is C=CCNc1cc(C(O)c2ccc(NC(=O)OC(C)(C)C)cc2F)cc[n+]1[O-]. The molecule has 7 nitrogen and oxygen atoms in total. The summed E-state index contributed by atoms with van der Waals surface area (Å²) in [5.74, 6) is -0.499. The van der Waals surface area contributed by atoms with Crippen LogP contribution in [0.5, 0.6) is 0 Å². The minimum Gasteiger partial charge on any atom is -0.711 e. The minimum atomic E-state index is -1.29. The number of rotatable bonds is 6. The lowest BCUT2D eigenvalue weighted by molar-refractivity contribution is -0.590. The van der Waals surface area contributed by atoms with Gasteiger partial charge in [0.15, 0.2) is 0 Å². The normalized spacial score (nSPS) is 12.2. The lowest BCUT2D eigenvalue weighted by atomic mass is 10.0. The number of hydrogen-bond acceptors (Lipinski definition) is 5. The molecule has 2 rings (SSSR count). The summed E-state index contributed by atoms with van der Waals surface area (Å²) in [7, 11) is 0. The van der Waals surface area contributed by atoms with Crippen molar-refractivity contribution in [1.29, 1.82) is 0 Å². The molecule has 0 aliphatic heterocycles. The average molecular weight is 389 g/mol. The Balaban J connectivity index is 2.19. The van der Waals surface area contributed by atoms with Gasteiger partial charge >= 0.3 is 6.09 Å². The van der Waals surface area contributed by atoms with E-state index in [1.54, 1.807) is 26.8 Å². The molecule has 1 atom stereocenters. The summed E-state index contributed by atoms with van der Waals surface area (Å²) in [6, 6.07) is 6.76. The van der Waals surface area contributed by atoms with Gasteiger partial charge in [0.1, 0.15) is 24.1 Å². The van der Waals surface area contributed by atoms with E-state index in [0.29, 0.717) is 16.8 Å². The molecule has 150 valence electrons. The number of amides is 1. The van der Waals surface area contributed by atoms with Crippen LogP contribution in [-0.4, -0.2) is 23.3 Å². The highest BCUT2D eigenvalue weighted by atomic mass is 19.1. The quantitative estimate of drug-likeness (QED) is 0.399. The Morgan fingerprint density at radius 2 is 2.11 bits per heavy atom. The molecule has 1 aromatic heterocycles. The Morgan fingerprint density at radius 1 is 1.39 bits per heavy atom. The molecule has 0 aliphatic carbocycles. The highest BCUT2D eigenvalue weighted by molar-refractivity contribution is 5.84. The van der Waals surface area contributed by atoms with Crippen LogP contribution in [0.2, 0.25) is 0 Å². The van der Waals surface area contributed by atoms with Crippen LogP contribution in [0, 0.1) is 11.0 Å². The van der Waals surface area contributed by atoms with Gasteiger partial charge in [0.05, 0.1) is 6.20 Å². The molecule has 3 N–H and O–H groups in total. The second kappa shape index (κ2) is 8.71. The van der Waals surface area contributed by atoms with E-state index in [2.05, 4.69) is 17.2 Å². The molecule has 0 aliphatic rings. The zero-order valence-corrected chi connectivity index (χ0v) is 16.0. The van der Waals surface area contributed by atoms with Crippen LogP contribution in [0.4, 0.5) is 20.7 Å². The molecule has 1 aromatic carbocycles. The van der Waals surface area contributed by atoms with E-state index in [1.165, 1.54) is 30.5 Å². The van der Waals surface area contributed by atoms with Crippen molar-refractivity contribution in [1.82, 2.24) is 0 Å². The summed E-state index contributed by atoms with van der Waals surface area (Å²) in [5.41, 5.74) is -0.137. The Hall–Kier alpha value is -3.13. The summed E-state index contributed by atoms with van der Waals surface area (Å²) in [4.78, 5) is 11.8. The predicted octanol–water partition coefficient (Wildman–Crippen LogP) is 3.49. The molecule has 0 radical (unpaired) electrons. The van der Waals surface area contributed by atoms with Crippen molar-refractivity contribution in [2.75, 3.05) is 17.2 Å². The number of aliphatic hydroxyl groups is 1. The first-order valence-corrected chi connectivity index (χ1v) is 8.66. The van der Waals surface area contributed by atoms with Gasteiger partial charge in [-0.15, -0.1) is 0 Å². The van der Waals surface area contributed by atoms with Crippen molar-refractivity contribution in [3.63, 3.8) is 0 Å². The van der Waals surface area contributed by atoms with E-state index >= 15 is 0 Å². The van der Waals surface area contributed by atoms with E-state index in [1.807, 2.05) is 0 Å². The van der Waals surface area contributed by atoms with Crippen molar-refractivity contribution in [2.24, 2.45) is 0 Å². The molecule has 2 aromatic rings. The second-order valence-electron chi connectivity index (χ2n) is 7.11. The van der Waals surface area contributed by atoms with E-state index in [4.69, 9.17) is 4.74 Å². The topological polar surface area (TPSA) is 97.5 Å². The number of benzene rings is 1. The van der Waals surface area contributed by atoms with Crippen LogP contribution in [-0.2, 0) is 4.74 Å². The van der Waals surface area contributed by atoms with Crippen LogP contribution in [0.3, 0.4) is 0 Å². The Labute approximate surface area is 163 Å². The number of anilines is 2. The average Bonchev–Trinajstić information content (AvgIpc) is 2.59. The molecule has 0 spiro atoms. The van der Waals surface area contributed by atoms with Crippen LogP contribution in [0.1, 0.15) is 38.0 Å². The molecule has 1 amide bonds. The third-order valence-electron chi connectivity index (χ3n) is 3.63. The monoisotopic (exact) mass is 389 g/mol. The van der Waals surface area contributed by atoms with Gasteiger partial charge in [0, 0.05) is 17.3 Å². The smallest absolute Gasteiger partial charge is 0.412 e. The minimum absolute atomic E-state index is 0.00746. The van der Waals surface area contributed by atoms with Crippen molar-refractivity contribution < 1.29 is 23.8 Å². The zero-order chi connectivity index (χ0) is 20.9. The van der Waals surface area contributed by atoms with E-state index in [-0.39, 0.29) is 17.1 Å². The number of carbonyl (C=O) groups is 1. The number of hydrogen-bond donors (Lipinski definition) is 3. The summed E-state index contributed by atoms with van der Waals surface area (Å²) < 4.78 is 20.2. The van der Waals surface area contributed by atoms with Gasteiger partial charge in [-0.05, 0) is 44.5 Å². The summed E-state index contributed by atoms with van der Waals surface area (Å²) in [6.07, 6.45) is 0.807. The van der Waals surface area contributed by atoms with Gasteiger partial charge in [-0.3, -0.25) is 10.6 Å². The molecule has 8 heteroatoms. The first-order chi connectivity index (χ1) is 13.1. The number of nitrogens with one attached hydrogen (secondary N) is 2. The van der Waals surface area contributed by atoms with Crippen LogP contribution < -0.4 is 15.4 Å². The molecule has 1 heterocycles. The maximum atomic E-state index is 14.5. The number of carbonyl (C=O) groups excluding carboxylic acids is 1. The van der Waals surface area contributed by atoms with Gasteiger partial charge < -0.3 is 15.1 Å². The second-order valence-corrected chi connectivity index (χ2v) is 7.11. The fourth-order valence-electron chi connectivity index (χ4n) is 2.41. The van der Waals surface area contributed by atoms with Gasteiger partial charge in [-0.1, -0.05) is 18.7 Å². The standard InChI is InChI=1S/C20H24FN3O4/c1-5-9-22-17-11-13(8-10-24(17)27)18(25)15-7-6-14(12-16(15)21)23-19(26)28-20(2,3)4/h5-8,10-12,18,22,25H,1,9H2,2-4H3,(H,23,26). The van der Waals surface area contributed by atoms with Crippen molar-refractivity contribution in [2.45, 2.75) is 32.5 Å². The number of halogens is 1. The van der Waals surface area contributed by atoms with E-state index in [0.717, 1.165) is 6.07 Å². The number of ether oxygens (including phenoxy) is 1. The summed E-state index contributed by atoms with van der Waals surface area (Å²) in [5, 5.41) is 27.6. The number of aromatic nitrogens is 1. The molecule has 1 unspecified atom stereocenters. The lowest BCUT2D eigenvalue weighted by Gasteiger charge is -2.20. The maximum absolute atomic E-state index is 14.5. The van der Waals surface area contributed by atoms with Crippen LogP contribution in [0.15, 0.2) is 49.2 Å². The molecular formula is C20H24FN3O4. The number of pyridine rings is 1. The van der Waals surface area contributed by atoms with Gasteiger partial charge in [-0.2, -0.15) is 0 Å². The van der Waals surface area contributed by atoms with E-state index in [9.17, 15) is 19.5 Å². The maximum Gasteiger partial charge on any atom is 0.412 e. The van der Waals surface area contributed by atoms with Gasteiger partial charge in [0.25, 0.3) is 5.82 Å². The summed E-state index contributed by atoms with van der Waals surface area (Å²) in [6.45, 7) is 9.08.